The molecule has 0 aliphatic carbocycles. The number of carbonyl (C=O) groups is 1. The van der Waals surface area contributed by atoms with Gasteiger partial charge in [0.25, 0.3) is 5.91 Å². The molecule has 0 unspecified atom stereocenters. The monoisotopic (exact) mass is 407 g/mol. The first-order valence-electron chi connectivity index (χ1n) is 8.26. The van der Waals surface area contributed by atoms with Gasteiger partial charge in [-0.05, 0) is 31.2 Å². The number of thioether (sulfide) groups is 1. The molecule has 0 radical (unpaired) electrons. The van der Waals surface area contributed by atoms with E-state index in [4.69, 9.17) is 4.74 Å². The van der Waals surface area contributed by atoms with Crippen LogP contribution in [-0.4, -0.2) is 37.7 Å². The van der Waals surface area contributed by atoms with E-state index in [0.29, 0.717) is 28.4 Å². The molecule has 1 N–H and O–H groups in total. The maximum atomic E-state index is 13.1. The third kappa shape index (κ3) is 4.83. The number of nitrogens with zero attached hydrogens (tertiary/aromatic N) is 4. The van der Waals surface area contributed by atoms with Gasteiger partial charge in [0.1, 0.15) is 5.82 Å². The number of halogens is 1. The second-order valence-corrected chi connectivity index (χ2v) is 8.49. The molecule has 27 heavy (non-hydrogen) atoms. The fourth-order valence-electron chi connectivity index (χ4n) is 2.17. The Balaban J connectivity index is 1.82. The number of amides is 1. The van der Waals surface area contributed by atoms with Gasteiger partial charge in [-0.2, -0.15) is 5.10 Å². The Morgan fingerprint density at radius 3 is 2.74 bits per heavy atom. The van der Waals surface area contributed by atoms with Crippen LogP contribution >= 0.6 is 23.1 Å². The molecule has 0 aliphatic heterocycles. The summed E-state index contributed by atoms with van der Waals surface area (Å²) in [6, 6.07) is 5.79. The number of hydrogen-bond acceptors (Lipinski definition) is 7. The van der Waals surface area contributed by atoms with Gasteiger partial charge in [0.15, 0.2) is 15.8 Å². The Morgan fingerprint density at radius 2 is 2.07 bits per heavy atom. The molecular formula is C17H18FN5O2S2. The number of hydrogen-bond donors (Lipinski definition) is 1. The summed E-state index contributed by atoms with van der Waals surface area (Å²) in [4.78, 5) is 12.6. The largest absolute Gasteiger partial charge is 0.490 e. The first kappa shape index (κ1) is 19.3. The summed E-state index contributed by atoms with van der Waals surface area (Å²) >= 11 is 2.87. The van der Waals surface area contributed by atoms with Gasteiger partial charge in [0.05, 0.1) is 18.5 Å². The van der Waals surface area contributed by atoms with E-state index in [0.717, 1.165) is 4.34 Å². The molecular weight excluding hydrogens is 389 g/mol. The van der Waals surface area contributed by atoms with Crippen molar-refractivity contribution >= 4 is 34.1 Å². The molecule has 0 fully saturated rings. The molecule has 142 valence electrons. The summed E-state index contributed by atoms with van der Waals surface area (Å²) in [5.74, 6) is -0.461. The average Bonchev–Trinajstić information content (AvgIpc) is 3.22. The van der Waals surface area contributed by atoms with Gasteiger partial charge in [-0.25, -0.2) is 9.07 Å². The number of benzene rings is 1. The summed E-state index contributed by atoms with van der Waals surface area (Å²) in [6.07, 6.45) is 1.59. The molecule has 2 aromatic heterocycles. The fourth-order valence-corrected chi connectivity index (χ4v) is 4.14. The number of ether oxygens (including phenoxy) is 1. The van der Waals surface area contributed by atoms with Crippen LogP contribution in [0.15, 0.2) is 34.8 Å². The highest BCUT2D eigenvalue weighted by Crippen LogP contribution is 2.29. The van der Waals surface area contributed by atoms with E-state index >= 15 is 0 Å². The van der Waals surface area contributed by atoms with Gasteiger partial charge >= 0.3 is 0 Å². The summed E-state index contributed by atoms with van der Waals surface area (Å²) in [5, 5.41) is 15.8. The van der Waals surface area contributed by atoms with E-state index in [9.17, 15) is 9.18 Å². The Bertz CT molecular complexity index is 924. The van der Waals surface area contributed by atoms with Crippen molar-refractivity contribution in [3.8, 4) is 11.4 Å². The lowest BCUT2D eigenvalue weighted by Gasteiger charge is -2.02. The van der Waals surface area contributed by atoms with Crippen molar-refractivity contribution in [1.82, 2.24) is 20.0 Å². The van der Waals surface area contributed by atoms with Crippen LogP contribution in [0.25, 0.3) is 5.69 Å². The smallest absolute Gasteiger partial charge is 0.281 e. The van der Waals surface area contributed by atoms with Crippen LogP contribution in [-0.2, 0) is 0 Å². The van der Waals surface area contributed by atoms with Crippen LogP contribution in [0.1, 0.15) is 31.3 Å². The summed E-state index contributed by atoms with van der Waals surface area (Å²) < 4.78 is 20.9. The van der Waals surface area contributed by atoms with Crippen LogP contribution in [0.4, 0.5) is 9.52 Å². The van der Waals surface area contributed by atoms with Gasteiger partial charge in [-0.3, -0.25) is 10.1 Å². The zero-order valence-electron chi connectivity index (χ0n) is 15.0. The minimum Gasteiger partial charge on any atom is -0.490 e. The molecule has 0 aliphatic rings. The minimum atomic E-state index is -0.448. The molecule has 0 atom stereocenters. The molecule has 1 amide bonds. The number of carbonyl (C=O) groups excluding carboxylic acids is 1. The third-order valence-corrected chi connectivity index (χ3v) is 5.18. The van der Waals surface area contributed by atoms with Gasteiger partial charge < -0.3 is 4.74 Å². The van der Waals surface area contributed by atoms with Gasteiger partial charge in [0, 0.05) is 5.25 Å². The van der Waals surface area contributed by atoms with Crippen LogP contribution in [0.5, 0.6) is 5.75 Å². The highest BCUT2D eigenvalue weighted by Gasteiger charge is 2.20. The SMILES string of the molecule is CCOc1cn(-c2ccc(F)cc2)nc1C(=O)Nc1nnc(SC(C)C)s1. The molecule has 1 aromatic carbocycles. The lowest BCUT2D eigenvalue weighted by molar-refractivity contribution is 0.101. The standard InChI is InChI=1S/C17H18FN5O2S2/c1-4-25-13-9-23(12-7-5-11(18)6-8-12)22-14(13)15(24)19-16-20-21-17(27-16)26-10(2)3/h5-10H,4H2,1-3H3,(H,19,20,24). The molecule has 3 aromatic rings. The topological polar surface area (TPSA) is 81.9 Å². The van der Waals surface area contributed by atoms with E-state index < -0.39 is 5.91 Å². The lowest BCUT2D eigenvalue weighted by atomic mass is 10.3. The second kappa shape index (κ2) is 8.49. The lowest BCUT2D eigenvalue weighted by Crippen LogP contribution is -2.14. The molecule has 0 bridgehead atoms. The fraction of sp³-hybridized carbons (Fsp3) is 0.294. The number of rotatable bonds is 7. The van der Waals surface area contributed by atoms with Crippen molar-refractivity contribution in [2.75, 3.05) is 11.9 Å². The molecule has 2 heterocycles. The quantitative estimate of drug-likeness (QED) is 0.471. The summed E-state index contributed by atoms with van der Waals surface area (Å²) in [6.45, 7) is 6.31. The van der Waals surface area contributed by atoms with Crippen LogP contribution in [0.2, 0.25) is 0 Å². The Kier molecular flexibility index (Phi) is 6.07. The van der Waals surface area contributed by atoms with E-state index in [-0.39, 0.29) is 11.5 Å². The van der Waals surface area contributed by atoms with E-state index in [2.05, 4.69) is 34.5 Å². The number of aromatic nitrogens is 4. The predicted octanol–water partition coefficient (Wildman–Crippen LogP) is 4.01. The molecule has 0 saturated heterocycles. The van der Waals surface area contributed by atoms with Crippen LogP contribution in [0, 0.1) is 5.82 Å². The van der Waals surface area contributed by atoms with Crippen molar-refractivity contribution in [2.45, 2.75) is 30.4 Å². The van der Waals surface area contributed by atoms with Crippen molar-refractivity contribution < 1.29 is 13.9 Å². The normalized spacial score (nSPS) is 11.0. The zero-order valence-corrected chi connectivity index (χ0v) is 16.6. The molecule has 7 nitrogen and oxygen atoms in total. The Hall–Kier alpha value is -2.46. The third-order valence-electron chi connectivity index (χ3n) is 3.25. The average molecular weight is 407 g/mol. The van der Waals surface area contributed by atoms with Gasteiger partial charge in [-0.1, -0.05) is 36.9 Å². The number of nitrogens with one attached hydrogen (secondary N) is 1. The molecule has 10 heteroatoms. The van der Waals surface area contributed by atoms with Crippen LogP contribution < -0.4 is 10.1 Å². The maximum Gasteiger partial charge on any atom is 0.281 e. The van der Waals surface area contributed by atoms with E-state index in [1.165, 1.54) is 28.2 Å². The first-order chi connectivity index (χ1) is 13.0. The first-order valence-corrected chi connectivity index (χ1v) is 9.95. The summed E-state index contributed by atoms with van der Waals surface area (Å²) in [7, 11) is 0. The minimum absolute atomic E-state index is 0.120. The predicted molar refractivity (Wildman–Crippen MR) is 104 cm³/mol. The van der Waals surface area contributed by atoms with Crippen molar-refractivity contribution in [2.24, 2.45) is 0 Å². The highest BCUT2D eigenvalue weighted by molar-refractivity contribution is 8.01. The van der Waals surface area contributed by atoms with Gasteiger partial charge in [0.2, 0.25) is 5.13 Å². The highest BCUT2D eigenvalue weighted by atomic mass is 32.2. The zero-order chi connectivity index (χ0) is 19.4. The molecule has 3 rings (SSSR count). The van der Waals surface area contributed by atoms with E-state index in [1.807, 2.05) is 6.92 Å². The Labute approximate surface area is 164 Å². The van der Waals surface area contributed by atoms with E-state index in [1.54, 1.807) is 30.1 Å². The molecule has 0 spiro atoms. The van der Waals surface area contributed by atoms with Crippen molar-refractivity contribution in [1.29, 1.82) is 0 Å². The maximum absolute atomic E-state index is 13.1. The summed E-state index contributed by atoms with van der Waals surface area (Å²) in [5.41, 5.74) is 0.734. The van der Waals surface area contributed by atoms with Crippen molar-refractivity contribution in [3.63, 3.8) is 0 Å². The van der Waals surface area contributed by atoms with Crippen LogP contribution in [0.3, 0.4) is 0 Å². The molecule has 0 saturated carbocycles. The van der Waals surface area contributed by atoms with Crippen molar-refractivity contribution in [3.05, 3.63) is 42.0 Å². The Morgan fingerprint density at radius 1 is 1.33 bits per heavy atom. The number of anilines is 1. The van der Waals surface area contributed by atoms with Gasteiger partial charge in [-0.15, -0.1) is 10.2 Å². The second-order valence-electron chi connectivity index (χ2n) is 5.69.